The smallest absolute Gasteiger partial charge is 0.157 e. The zero-order valence-corrected chi connectivity index (χ0v) is 10.0. The van der Waals surface area contributed by atoms with Gasteiger partial charge in [0, 0.05) is 24.2 Å². The Labute approximate surface area is 98.0 Å². The van der Waals surface area contributed by atoms with E-state index in [2.05, 4.69) is 15.0 Å². The van der Waals surface area contributed by atoms with E-state index in [1.54, 1.807) is 23.7 Å². The van der Waals surface area contributed by atoms with Crippen LogP contribution in [-0.2, 0) is 6.42 Å². The van der Waals surface area contributed by atoms with Gasteiger partial charge in [-0.25, -0.2) is 15.0 Å². The molecule has 0 aliphatic heterocycles. The average molecular weight is 235 g/mol. The minimum Gasteiger partial charge on any atom is -0.385 e. The van der Waals surface area contributed by atoms with Gasteiger partial charge >= 0.3 is 0 Å². The van der Waals surface area contributed by atoms with Gasteiger partial charge in [-0.05, 0) is 19.4 Å². The summed E-state index contributed by atoms with van der Waals surface area (Å²) in [5.41, 5.74) is 1.87. The molecule has 0 amide bonds. The summed E-state index contributed by atoms with van der Waals surface area (Å²) in [6.07, 6.45) is 3.20. The molecule has 2 aromatic heterocycles. The molecule has 0 radical (unpaired) electrons. The standard InChI is InChI=1S/C11H13N3OS/c1-7-4-12-11(13-5-7)10(15)3-9-6-16-8(2)14-9/h4-6,10,15H,3H2,1-2H3. The number of thiazole rings is 1. The van der Waals surface area contributed by atoms with Crippen LogP contribution in [0.25, 0.3) is 0 Å². The highest BCUT2D eigenvalue weighted by Gasteiger charge is 2.12. The molecular formula is C11H13N3OS. The maximum atomic E-state index is 9.91. The molecule has 1 unspecified atom stereocenters. The van der Waals surface area contributed by atoms with Crippen LogP contribution in [0.2, 0.25) is 0 Å². The van der Waals surface area contributed by atoms with Crippen LogP contribution < -0.4 is 0 Å². The zero-order valence-electron chi connectivity index (χ0n) is 9.21. The fourth-order valence-corrected chi connectivity index (χ4v) is 1.99. The third-order valence-corrected chi connectivity index (χ3v) is 2.99. The van der Waals surface area contributed by atoms with E-state index in [4.69, 9.17) is 0 Å². The Bertz CT molecular complexity index is 466. The first-order valence-corrected chi connectivity index (χ1v) is 5.91. The van der Waals surface area contributed by atoms with E-state index in [-0.39, 0.29) is 0 Å². The van der Waals surface area contributed by atoms with Gasteiger partial charge in [-0.15, -0.1) is 11.3 Å². The molecule has 1 N–H and O–H groups in total. The number of nitrogens with zero attached hydrogens (tertiary/aromatic N) is 3. The monoisotopic (exact) mass is 235 g/mol. The first kappa shape index (κ1) is 11.2. The molecule has 4 nitrogen and oxygen atoms in total. The summed E-state index contributed by atoms with van der Waals surface area (Å²) in [7, 11) is 0. The van der Waals surface area contributed by atoms with Gasteiger partial charge in [0.1, 0.15) is 6.10 Å². The molecule has 0 saturated heterocycles. The Kier molecular flexibility index (Phi) is 3.26. The molecule has 0 aliphatic rings. The minimum absolute atomic E-state index is 0.455. The van der Waals surface area contributed by atoms with Crippen molar-refractivity contribution in [1.29, 1.82) is 0 Å². The lowest BCUT2D eigenvalue weighted by Gasteiger charge is -2.06. The van der Waals surface area contributed by atoms with Crippen molar-refractivity contribution in [2.24, 2.45) is 0 Å². The Morgan fingerprint density at radius 1 is 1.31 bits per heavy atom. The second-order valence-electron chi connectivity index (χ2n) is 3.70. The molecule has 2 aromatic rings. The first-order valence-electron chi connectivity index (χ1n) is 5.03. The number of aliphatic hydroxyl groups is 1. The molecule has 2 heterocycles. The molecule has 0 saturated carbocycles. The molecule has 5 heteroatoms. The van der Waals surface area contributed by atoms with Crippen LogP contribution in [0.15, 0.2) is 17.8 Å². The van der Waals surface area contributed by atoms with Gasteiger partial charge in [-0.1, -0.05) is 0 Å². The highest BCUT2D eigenvalue weighted by Crippen LogP contribution is 2.16. The Morgan fingerprint density at radius 2 is 2.00 bits per heavy atom. The van der Waals surface area contributed by atoms with Gasteiger partial charge < -0.3 is 5.11 Å². The summed E-state index contributed by atoms with van der Waals surface area (Å²) in [6.45, 7) is 3.86. The predicted molar refractivity (Wildman–Crippen MR) is 62.3 cm³/mol. The third kappa shape index (κ3) is 2.62. The van der Waals surface area contributed by atoms with Gasteiger partial charge in [0.25, 0.3) is 0 Å². The van der Waals surface area contributed by atoms with Gasteiger partial charge in [0.05, 0.1) is 10.7 Å². The fraction of sp³-hybridized carbons (Fsp3) is 0.364. The Morgan fingerprint density at radius 3 is 2.56 bits per heavy atom. The van der Waals surface area contributed by atoms with E-state index in [0.717, 1.165) is 16.3 Å². The highest BCUT2D eigenvalue weighted by atomic mass is 32.1. The van der Waals surface area contributed by atoms with Crippen molar-refractivity contribution in [1.82, 2.24) is 15.0 Å². The van der Waals surface area contributed by atoms with E-state index in [1.807, 2.05) is 19.2 Å². The molecule has 16 heavy (non-hydrogen) atoms. The summed E-state index contributed by atoms with van der Waals surface area (Å²) in [6, 6.07) is 0. The van der Waals surface area contributed by atoms with Crippen molar-refractivity contribution in [2.45, 2.75) is 26.4 Å². The number of aliphatic hydroxyl groups excluding tert-OH is 1. The molecule has 0 spiro atoms. The van der Waals surface area contributed by atoms with Crippen LogP contribution >= 0.6 is 11.3 Å². The first-order chi connectivity index (χ1) is 7.65. The molecule has 84 valence electrons. The van der Waals surface area contributed by atoms with E-state index in [9.17, 15) is 5.11 Å². The summed E-state index contributed by atoms with van der Waals surface area (Å²) in [4.78, 5) is 12.5. The lowest BCUT2D eigenvalue weighted by atomic mass is 10.2. The van der Waals surface area contributed by atoms with Crippen LogP contribution in [0, 0.1) is 13.8 Å². The van der Waals surface area contributed by atoms with Crippen molar-refractivity contribution in [3.05, 3.63) is 39.9 Å². The second kappa shape index (κ2) is 4.67. The quantitative estimate of drug-likeness (QED) is 0.881. The number of hydrogen-bond donors (Lipinski definition) is 1. The molecular weight excluding hydrogens is 222 g/mol. The fourth-order valence-electron chi connectivity index (χ4n) is 1.37. The lowest BCUT2D eigenvalue weighted by molar-refractivity contribution is 0.167. The number of aryl methyl sites for hydroxylation is 2. The Balaban J connectivity index is 2.08. The Hall–Kier alpha value is -1.33. The van der Waals surface area contributed by atoms with Gasteiger partial charge in [0.2, 0.25) is 0 Å². The molecule has 0 bridgehead atoms. The van der Waals surface area contributed by atoms with Crippen LogP contribution in [0.5, 0.6) is 0 Å². The van der Waals surface area contributed by atoms with Crippen molar-refractivity contribution in [3.63, 3.8) is 0 Å². The van der Waals surface area contributed by atoms with Gasteiger partial charge in [0.15, 0.2) is 5.82 Å². The number of hydrogen-bond acceptors (Lipinski definition) is 5. The van der Waals surface area contributed by atoms with E-state index in [1.165, 1.54) is 0 Å². The van der Waals surface area contributed by atoms with Gasteiger partial charge in [-0.3, -0.25) is 0 Å². The zero-order chi connectivity index (χ0) is 11.5. The highest BCUT2D eigenvalue weighted by molar-refractivity contribution is 7.09. The molecule has 2 rings (SSSR count). The van der Waals surface area contributed by atoms with Crippen LogP contribution in [0.3, 0.4) is 0 Å². The summed E-state index contributed by atoms with van der Waals surface area (Å²) in [5.74, 6) is 0.455. The maximum Gasteiger partial charge on any atom is 0.157 e. The molecule has 1 atom stereocenters. The summed E-state index contributed by atoms with van der Waals surface area (Å²) >= 11 is 1.58. The largest absolute Gasteiger partial charge is 0.385 e. The summed E-state index contributed by atoms with van der Waals surface area (Å²) < 4.78 is 0. The van der Waals surface area contributed by atoms with Crippen molar-refractivity contribution in [3.8, 4) is 0 Å². The average Bonchev–Trinajstić information content (AvgIpc) is 2.65. The normalized spacial score (nSPS) is 12.7. The van der Waals surface area contributed by atoms with Gasteiger partial charge in [-0.2, -0.15) is 0 Å². The number of rotatable bonds is 3. The maximum absolute atomic E-state index is 9.91. The van der Waals surface area contributed by atoms with E-state index < -0.39 is 6.10 Å². The number of aromatic nitrogens is 3. The third-order valence-electron chi connectivity index (χ3n) is 2.17. The molecule has 0 aliphatic carbocycles. The van der Waals surface area contributed by atoms with Crippen LogP contribution in [0.1, 0.15) is 28.2 Å². The van der Waals surface area contributed by atoms with Crippen molar-refractivity contribution >= 4 is 11.3 Å². The summed E-state index contributed by atoms with van der Waals surface area (Å²) in [5, 5.41) is 12.9. The predicted octanol–water partition coefficient (Wildman–Crippen LogP) is 1.83. The lowest BCUT2D eigenvalue weighted by Crippen LogP contribution is -2.07. The van der Waals surface area contributed by atoms with Crippen LogP contribution in [-0.4, -0.2) is 20.1 Å². The minimum atomic E-state index is -0.679. The van der Waals surface area contributed by atoms with Crippen LogP contribution in [0.4, 0.5) is 0 Å². The van der Waals surface area contributed by atoms with E-state index in [0.29, 0.717) is 12.2 Å². The van der Waals surface area contributed by atoms with Crippen molar-refractivity contribution < 1.29 is 5.11 Å². The molecule has 0 fully saturated rings. The van der Waals surface area contributed by atoms with Crippen molar-refractivity contribution in [2.75, 3.05) is 0 Å². The SMILES string of the molecule is Cc1cnc(C(O)Cc2csc(C)n2)nc1. The molecule has 0 aromatic carbocycles. The topological polar surface area (TPSA) is 58.9 Å². The van der Waals surface area contributed by atoms with E-state index >= 15 is 0 Å². The second-order valence-corrected chi connectivity index (χ2v) is 4.76.